The molecule has 27 heavy (non-hydrogen) atoms. The molecule has 3 N–H and O–H groups in total. The van der Waals surface area contributed by atoms with Gasteiger partial charge in [0.05, 0.1) is 4.92 Å². The van der Waals surface area contributed by atoms with Crippen molar-refractivity contribution in [2.45, 2.75) is 39.2 Å². The van der Waals surface area contributed by atoms with E-state index in [9.17, 15) is 19.7 Å². The largest absolute Gasteiger partial charge is 0.444 e. The number of nitro groups is 1. The normalized spacial score (nSPS) is 15.3. The van der Waals surface area contributed by atoms with Crippen molar-refractivity contribution in [3.63, 3.8) is 0 Å². The Bertz CT molecular complexity index is 721. The first-order chi connectivity index (χ1) is 12.6. The van der Waals surface area contributed by atoms with Gasteiger partial charge in [-0.3, -0.25) is 14.9 Å². The van der Waals surface area contributed by atoms with E-state index in [4.69, 9.17) is 10.5 Å². The topological polar surface area (TPSA) is 128 Å². The molecule has 0 aliphatic carbocycles. The predicted octanol–water partition coefficient (Wildman–Crippen LogP) is 2.75. The average Bonchev–Trinajstić information content (AvgIpc) is 2.58. The number of nitro benzene ring substituents is 1. The molecule has 1 aromatic carbocycles. The first kappa shape index (κ1) is 20.5. The fraction of sp³-hybridized carbons (Fsp3) is 0.556. The van der Waals surface area contributed by atoms with Gasteiger partial charge in [-0.15, -0.1) is 0 Å². The summed E-state index contributed by atoms with van der Waals surface area (Å²) in [4.78, 5) is 35.7. The summed E-state index contributed by atoms with van der Waals surface area (Å²) in [6, 6.07) is 4.13. The van der Waals surface area contributed by atoms with Crippen LogP contribution in [0.2, 0.25) is 0 Å². The Balaban J connectivity index is 1.91. The first-order valence-corrected chi connectivity index (χ1v) is 8.87. The molecule has 148 valence electrons. The second kappa shape index (κ2) is 8.24. The van der Waals surface area contributed by atoms with Crippen molar-refractivity contribution >= 4 is 23.4 Å². The summed E-state index contributed by atoms with van der Waals surface area (Å²) in [6.45, 7) is 7.21. The number of benzene rings is 1. The zero-order chi connectivity index (χ0) is 20.2. The number of amides is 2. The van der Waals surface area contributed by atoms with Crippen LogP contribution >= 0.6 is 0 Å². The van der Waals surface area contributed by atoms with Crippen LogP contribution in [0.5, 0.6) is 0 Å². The van der Waals surface area contributed by atoms with E-state index in [1.807, 2.05) is 20.8 Å². The summed E-state index contributed by atoms with van der Waals surface area (Å²) in [5, 5.41) is 14.3. The molecular weight excluding hydrogens is 352 g/mol. The maximum atomic E-state index is 12.1. The highest BCUT2D eigenvalue weighted by Gasteiger charge is 2.27. The summed E-state index contributed by atoms with van der Waals surface area (Å²) >= 11 is 0. The number of piperidine rings is 1. The summed E-state index contributed by atoms with van der Waals surface area (Å²) in [5.74, 6) is -0.432. The molecule has 0 bridgehead atoms. The smallest absolute Gasteiger partial charge is 0.410 e. The highest BCUT2D eigenvalue weighted by molar-refractivity contribution is 5.94. The minimum Gasteiger partial charge on any atom is -0.444 e. The zero-order valence-electron chi connectivity index (χ0n) is 15.9. The van der Waals surface area contributed by atoms with Gasteiger partial charge in [-0.1, -0.05) is 0 Å². The summed E-state index contributed by atoms with van der Waals surface area (Å²) in [5.41, 5.74) is 4.91. The lowest BCUT2D eigenvalue weighted by atomic mass is 9.97. The van der Waals surface area contributed by atoms with Crippen molar-refractivity contribution in [3.05, 3.63) is 33.9 Å². The van der Waals surface area contributed by atoms with Gasteiger partial charge in [0.15, 0.2) is 0 Å². The van der Waals surface area contributed by atoms with E-state index in [0.717, 1.165) is 12.8 Å². The molecule has 0 atom stereocenters. The number of rotatable bonds is 5. The number of ether oxygens (including phenoxy) is 1. The van der Waals surface area contributed by atoms with E-state index in [1.165, 1.54) is 18.2 Å². The minimum atomic E-state index is -0.709. The van der Waals surface area contributed by atoms with Crippen LogP contribution in [0.25, 0.3) is 0 Å². The van der Waals surface area contributed by atoms with Gasteiger partial charge in [0.25, 0.3) is 5.69 Å². The van der Waals surface area contributed by atoms with Gasteiger partial charge in [0.2, 0.25) is 5.91 Å². The molecule has 9 heteroatoms. The van der Waals surface area contributed by atoms with Gasteiger partial charge < -0.3 is 20.7 Å². The Morgan fingerprint density at radius 3 is 2.48 bits per heavy atom. The number of primary amides is 1. The number of carbonyl (C=O) groups is 2. The molecule has 1 aliphatic rings. The lowest BCUT2D eigenvalue weighted by Gasteiger charge is -2.33. The van der Waals surface area contributed by atoms with Gasteiger partial charge in [-0.2, -0.15) is 0 Å². The van der Waals surface area contributed by atoms with Crippen LogP contribution in [0.15, 0.2) is 18.2 Å². The summed E-state index contributed by atoms with van der Waals surface area (Å²) < 4.78 is 5.37. The van der Waals surface area contributed by atoms with E-state index < -0.39 is 16.4 Å². The Kier molecular flexibility index (Phi) is 6.24. The monoisotopic (exact) mass is 378 g/mol. The molecule has 1 aliphatic heterocycles. The van der Waals surface area contributed by atoms with Crippen LogP contribution in [-0.2, 0) is 4.74 Å². The molecule has 0 radical (unpaired) electrons. The number of carbonyl (C=O) groups excluding carboxylic acids is 2. The molecule has 1 fully saturated rings. The highest BCUT2D eigenvalue weighted by Crippen LogP contribution is 2.27. The minimum absolute atomic E-state index is 0.0953. The Labute approximate surface area is 158 Å². The summed E-state index contributed by atoms with van der Waals surface area (Å²) in [6.07, 6.45) is 1.24. The fourth-order valence-electron chi connectivity index (χ4n) is 2.89. The molecule has 0 aromatic heterocycles. The number of hydrogen-bond donors (Lipinski definition) is 2. The third-order valence-electron chi connectivity index (χ3n) is 4.33. The van der Waals surface area contributed by atoms with Crippen molar-refractivity contribution in [2.24, 2.45) is 11.7 Å². The van der Waals surface area contributed by atoms with Crippen molar-refractivity contribution in [2.75, 3.05) is 25.0 Å². The maximum Gasteiger partial charge on any atom is 0.410 e. The Morgan fingerprint density at radius 1 is 1.33 bits per heavy atom. The molecule has 1 heterocycles. The van der Waals surface area contributed by atoms with Crippen LogP contribution in [0, 0.1) is 16.0 Å². The molecule has 0 spiro atoms. The highest BCUT2D eigenvalue weighted by atomic mass is 16.6. The van der Waals surface area contributed by atoms with E-state index >= 15 is 0 Å². The average molecular weight is 378 g/mol. The van der Waals surface area contributed by atoms with E-state index in [0.29, 0.717) is 25.3 Å². The number of nitrogens with two attached hydrogens (primary N) is 1. The molecule has 0 unspecified atom stereocenters. The number of anilines is 1. The third kappa shape index (κ3) is 5.83. The molecule has 2 rings (SSSR count). The van der Waals surface area contributed by atoms with Gasteiger partial charge in [0, 0.05) is 31.3 Å². The van der Waals surface area contributed by atoms with Crippen molar-refractivity contribution in [3.8, 4) is 0 Å². The van der Waals surface area contributed by atoms with Crippen LogP contribution in [0.4, 0.5) is 16.2 Å². The van der Waals surface area contributed by atoms with Crippen molar-refractivity contribution in [1.82, 2.24) is 4.90 Å². The van der Waals surface area contributed by atoms with Crippen LogP contribution in [0.3, 0.4) is 0 Å². The van der Waals surface area contributed by atoms with Crippen LogP contribution < -0.4 is 11.1 Å². The molecule has 1 saturated heterocycles. The third-order valence-corrected chi connectivity index (χ3v) is 4.33. The number of hydrogen-bond acceptors (Lipinski definition) is 6. The first-order valence-electron chi connectivity index (χ1n) is 8.87. The Hall–Kier alpha value is -2.84. The molecule has 0 saturated carbocycles. The van der Waals surface area contributed by atoms with Gasteiger partial charge >= 0.3 is 6.09 Å². The second-order valence-corrected chi connectivity index (χ2v) is 7.64. The number of nitrogens with zero attached hydrogens (tertiary/aromatic N) is 2. The lowest BCUT2D eigenvalue weighted by Crippen LogP contribution is -2.42. The van der Waals surface area contributed by atoms with E-state index in [-0.39, 0.29) is 23.3 Å². The standard InChI is InChI=1S/C18H26N4O5/c1-18(2,3)27-17(24)21-8-6-12(7-9-21)11-20-14-5-4-13(16(19)23)10-15(14)22(25)26/h4-5,10,12,20H,6-9,11H2,1-3H3,(H2,19,23). The van der Waals surface area contributed by atoms with E-state index in [1.54, 1.807) is 4.90 Å². The Morgan fingerprint density at radius 2 is 1.96 bits per heavy atom. The molecule has 9 nitrogen and oxygen atoms in total. The number of likely N-dealkylation sites (tertiary alicyclic amines) is 1. The van der Waals surface area contributed by atoms with Gasteiger partial charge in [0.1, 0.15) is 11.3 Å². The van der Waals surface area contributed by atoms with Gasteiger partial charge in [-0.25, -0.2) is 4.79 Å². The maximum absolute atomic E-state index is 12.1. The van der Waals surface area contributed by atoms with Crippen LogP contribution in [0.1, 0.15) is 44.0 Å². The molecular formula is C18H26N4O5. The quantitative estimate of drug-likeness (QED) is 0.599. The molecule has 2 amide bonds. The van der Waals surface area contributed by atoms with Crippen molar-refractivity contribution in [1.29, 1.82) is 0 Å². The summed E-state index contributed by atoms with van der Waals surface area (Å²) in [7, 11) is 0. The second-order valence-electron chi connectivity index (χ2n) is 7.64. The van der Waals surface area contributed by atoms with Crippen LogP contribution in [-0.4, -0.2) is 47.1 Å². The SMILES string of the molecule is CC(C)(C)OC(=O)N1CCC(CNc2ccc(C(N)=O)cc2[N+](=O)[O-])CC1. The number of nitrogens with one attached hydrogen (secondary N) is 1. The zero-order valence-corrected chi connectivity index (χ0v) is 15.9. The van der Waals surface area contributed by atoms with Gasteiger partial charge in [-0.05, 0) is 51.7 Å². The molecule has 1 aromatic rings. The predicted molar refractivity (Wildman–Crippen MR) is 101 cm³/mol. The van der Waals surface area contributed by atoms with Crippen molar-refractivity contribution < 1.29 is 19.2 Å². The lowest BCUT2D eigenvalue weighted by molar-refractivity contribution is -0.384. The fourth-order valence-corrected chi connectivity index (χ4v) is 2.89. The van der Waals surface area contributed by atoms with E-state index in [2.05, 4.69) is 5.32 Å².